The van der Waals surface area contributed by atoms with Crippen molar-refractivity contribution in [1.29, 1.82) is 0 Å². The van der Waals surface area contributed by atoms with Gasteiger partial charge in [0.15, 0.2) is 0 Å². The van der Waals surface area contributed by atoms with Crippen LogP contribution in [0.2, 0.25) is 0 Å². The largest absolute Gasteiger partial charge is 0.487 e. The normalized spacial score (nSPS) is 17.2. The number of ether oxygens (including phenoxy) is 1. The minimum atomic E-state index is -0.142. The van der Waals surface area contributed by atoms with Crippen molar-refractivity contribution in [2.24, 2.45) is 0 Å². The van der Waals surface area contributed by atoms with Crippen molar-refractivity contribution in [3.05, 3.63) is 63.1 Å². The predicted molar refractivity (Wildman–Crippen MR) is 91.4 cm³/mol. The first-order valence-corrected chi connectivity index (χ1v) is 8.31. The van der Waals surface area contributed by atoms with E-state index >= 15 is 0 Å². The van der Waals surface area contributed by atoms with Crippen molar-refractivity contribution in [2.75, 3.05) is 0 Å². The third kappa shape index (κ3) is 2.97. The van der Waals surface area contributed by atoms with E-state index in [4.69, 9.17) is 16.3 Å². The molecule has 0 radical (unpaired) electrons. The van der Waals surface area contributed by atoms with E-state index in [0.29, 0.717) is 0 Å². The Morgan fingerprint density at radius 1 is 1.19 bits per heavy atom. The summed E-state index contributed by atoms with van der Waals surface area (Å²) >= 11 is 10.2. The Labute approximate surface area is 139 Å². The molecule has 1 nitrogen and oxygen atoms in total. The van der Waals surface area contributed by atoms with Crippen LogP contribution in [0.4, 0.5) is 0 Å². The number of rotatable bonds is 2. The molecule has 1 heterocycles. The van der Waals surface area contributed by atoms with E-state index in [-0.39, 0.29) is 11.0 Å². The van der Waals surface area contributed by atoms with Crippen LogP contribution >= 0.6 is 27.5 Å². The van der Waals surface area contributed by atoms with Crippen molar-refractivity contribution in [1.82, 2.24) is 0 Å². The van der Waals surface area contributed by atoms with Gasteiger partial charge in [-0.2, -0.15) is 0 Å². The van der Waals surface area contributed by atoms with Crippen LogP contribution in [0, 0.1) is 6.92 Å². The third-order valence-corrected chi connectivity index (χ3v) is 4.87. The summed E-state index contributed by atoms with van der Waals surface area (Å²) in [5.74, 6) is 0.985. The van der Waals surface area contributed by atoms with Gasteiger partial charge in [-0.05, 0) is 61.2 Å². The number of hydrogen-bond donors (Lipinski definition) is 0. The first-order chi connectivity index (χ1) is 9.85. The van der Waals surface area contributed by atoms with Crippen molar-refractivity contribution in [3.63, 3.8) is 0 Å². The molecule has 2 aromatic carbocycles. The lowest BCUT2D eigenvalue weighted by molar-refractivity contribution is 0.138. The molecule has 0 fully saturated rings. The molecule has 1 atom stereocenters. The lowest BCUT2D eigenvalue weighted by Crippen LogP contribution is -2.24. The number of benzene rings is 2. The Morgan fingerprint density at radius 2 is 1.95 bits per heavy atom. The zero-order chi connectivity index (χ0) is 15.2. The fourth-order valence-corrected chi connectivity index (χ4v) is 3.60. The van der Waals surface area contributed by atoms with E-state index in [1.165, 1.54) is 11.1 Å². The summed E-state index contributed by atoms with van der Waals surface area (Å²) in [6, 6.07) is 12.5. The van der Waals surface area contributed by atoms with Crippen LogP contribution in [0.15, 0.2) is 40.9 Å². The zero-order valence-corrected chi connectivity index (χ0v) is 14.8. The second kappa shape index (κ2) is 5.33. The molecule has 3 rings (SSSR count). The predicted octanol–water partition coefficient (Wildman–Crippen LogP) is 5.80. The van der Waals surface area contributed by atoms with Gasteiger partial charge in [0.25, 0.3) is 0 Å². The van der Waals surface area contributed by atoms with Gasteiger partial charge in [0.1, 0.15) is 11.4 Å². The molecule has 1 aliphatic rings. The Morgan fingerprint density at radius 3 is 2.71 bits per heavy atom. The lowest BCUT2D eigenvalue weighted by Gasteiger charge is -2.16. The van der Waals surface area contributed by atoms with E-state index in [1.807, 2.05) is 12.1 Å². The second-order valence-corrected chi connectivity index (χ2v) is 7.62. The molecule has 0 aliphatic carbocycles. The Balaban J connectivity index is 1.97. The van der Waals surface area contributed by atoms with Crippen molar-refractivity contribution < 1.29 is 4.74 Å². The molecule has 3 heteroatoms. The first kappa shape index (κ1) is 14.9. The fourth-order valence-electron chi connectivity index (χ4n) is 2.85. The van der Waals surface area contributed by atoms with E-state index < -0.39 is 0 Å². The molecule has 0 spiro atoms. The van der Waals surface area contributed by atoms with Crippen LogP contribution in [-0.4, -0.2) is 5.60 Å². The highest BCUT2D eigenvalue weighted by Crippen LogP contribution is 2.39. The molecule has 21 heavy (non-hydrogen) atoms. The number of halogens is 2. The average Bonchev–Trinajstić information content (AvgIpc) is 2.73. The third-order valence-electron chi connectivity index (χ3n) is 3.89. The topological polar surface area (TPSA) is 9.23 Å². The van der Waals surface area contributed by atoms with E-state index in [1.54, 1.807) is 0 Å². The van der Waals surface area contributed by atoms with Crippen molar-refractivity contribution in [2.45, 2.75) is 38.2 Å². The Bertz CT molecular complexity index is 694. The number of hydrogen-bond acceptors (Lipinski definition) is 1. The van der Waals surface area contributed by atoms with E-state index in [2.05, 4.69) is 61.0 Å². The molecule has 0 aromatic heterocycles. The summed E-state index contributed by atoms with van der Waals surface area (Å²) in [5, 5.41) is -0.142. The summed E-state index contributed by atoms with van der Waals surface area (Å²) in [6.45, 7) is 6.32. The maximum Gasteiger partial charge on any atom is 0.123 e. The second-order valence-electron chi connectivity index (χ2n) is 6.27. The van der Waals surface area contributed by atoms with Crippen LogP contribution < -0.4 is 4.74 Å². The highest BCUT2D eigenvalue weighted by molar-refractivity contribution is 9.10. The summed E-state index contributed by atoms with van der Waals surface area (Å²) in [6.07, 6.45) is 0.928. The minimum absolute atomic E-state index is 0.117. The van der Waals surface area contributed by atoms with Crippen LogP contribution in [0.3, 0.4) is 0 Å². The summed E-state index contributed by atoms with van der Waals surface area (Å²) in [7, 11) is 0. The van der Waals surface area contributed by atoms with Gasteiger partial charge < -0.3 is 4.74 Å². The van der Waals surface area contributed by atoms with Gasteiger partial charge in [0.2, 0.25) is 0 Å². The maximum atomic E-state index is 6.72. The van der Waals surface area contributed by atoms with Gasteiger partial charge in [-0.1, -0.05) is 34.1 Å². The molecule has 0 saturated carbocycles. The molecule has 0 bridgehead atoms. The smallest absolute Gasteiger partial charge is 0.123 e. The molecule has 0 saturated heterocycles. The molecule has 2 aromatic rings. The van der Waals surface area contributed by atoms with Gasteiger partial charge >= 0.3 is 0 Å². The molecular formula is C18H18BrClO. The monoisotopic (exact) mass is 364 g/mol. The number of alkyl halides is 1. The highest BCUT2D eigenvalue weighted by atomic mass is 79.9. The van der Waals surface area contributed by atoms with Crippen LogP contribution in [0.5, 0.6) is 5.75 Å². The van der Waals surface area contributed by atoms with E-state index in [0.717, 1.165) is 27.8 Å². The standard InChI is InChI=1S/C18H18BrClO/c1-11-4-6-14(19)9-15(11)17(20)12-5-7-16-13(8-12)10-18(2,3)21-16/h4-9,17H,10H2,1-3H3. The Hall–Kier alpha value is -0.990. The number of aryl methyl sites for hydroxylation is 1. The van der Waals surface area contributed by atoms with Crippen LogP contribution in [-0.2, 0) is 6.42 Å². The van der Waals surface area contributed by atoms with Gasteiger partial charge in [-0.15, -0.1) is 11.6 Å². The lowest BCUT2D eigenvalue weighted by atomic mass is 9.96. The molecule has 1 unspecified atom stereocenters. The number of fused-ring (bicyclic) bond motifs is 1. The summed E-state index contributed by atoms with van der Waals surface area (Å²) in [5.41, 5.74) is 4.60. The first-order valence-electron chi connectivity index (χ1n) is 7.08. The average molecular weight is 366 g/mol. The van der Waals surface area contributed by atoms with E-state index in [9.17, 15) is 0 Å². The highest BCUT2D eigenvalue weighted by Gasteiger charge is 2.30. The van der Waals surface area contributed by atoms with Gasteiger partial charge in [0.05, 0.1) is 5.38 Å². The maximum absolute atomic E-state index is 6.72. The quantitative estimate of drug-likeness (QED) is 0.611. The molecule has 0 amide bonds. The molecular weight excluding hydrogens is 348 g/mol. The SMILES string of the molecule is Cc1ccc(Br)cc1C(Cl)c1ccc2c(c1)CC(C)(C)O2. The fraction of sp³-hybridized carbons (Fsp3) is 0.333. The van der Waals surface area contributed by atoms with Gasteiger partial charge in [0, 0.05) is 10.9 Å². The molecule has 1 aliphatic heterocycles. The van der Waals surface area contributed by atoms with Crippen LogP contribution in [0.1, 0.15) is 41.5 Å². The van der Waals surface area contributed by atoms with Crippen LogP contribution in [0.25, 0.3) is 0 Å². The zero-order valence-electron chi connectivity index (χ0n) is 12.4. The molecule has 0 N–H and O–H groups in total. The summed E-state index contributed by atoms with van der Waals surface area (Å²) in [4.78, 5) is 0. The molecule has 110 valence electrons. The van der Waals surface area contributed by atoms with Gasteiger partial charge in [-0.25, -0.2) is 0 Å². The van der Waals surface area contributed by atoms with Gasteiger partial charge in [-0.3, -0.25) is 0 Å². The van der Waals surface area contributed by atoms with Crippen molar-refractivity contribution in [3.8, 4) is 5.75 Å². The minimum Gasteiger partial charge on any atom is -0.487 e. The Kier molecular flexibility index (Phi) is 3.79. The summed E-state index contributed by atoms with van der Waals surface area (Å²) < 4.78 is 6.98. The van der Waals surface area contributed by atoms with Crippen molar-refractivity contribution >= 4 is 27.5 Å².